The molecule has 6 nitrogen and oxygen atoms in total. The SMILES string of the molecule is Cc1ccc(COc2c(Br)cc([C@@H]3C(C#N)=C(N)Oc4cc5c(cc43)OCO5)cc2Br)cc1. The Morgan fingerprint density at radius 3 is 2.36 bits per heavy atom. The number of hydrogen-bond acceptors (Lipinski definition) is 6. The zero-order valence-corrected chi connectivity index (χ0v) is 20.7. The Bertz CT molecular complexity index is 1310. The maximum Gasteiger partial charge on any atom is 0.231 e. The van der Waals surface area contributed by atoms with Gasteiger partial charge in [-0.2, -0.15) is 5.26 Å². The summed E-state index contributed by atoms with van der Waals surface area (Å²) in [6, 6.07) is 17.9. The molecule has 0 bridgehead atoms. The van der Waals surface area contributed by atoms with Crippen LogP contribution in [0.4, 0.5) is 0 Å². The first-order valence-electron chi connectivity index (χ1n) is 10.1. The number of allylic oxidation sites excluding steroid dienone is 1. The minimum atomic E-state index is -0.438. The highest BCUT2D eigenvalue weighted by atomic mass is 79.9. The average molecular weight is 570 g/mol. The lowest BCUT2D eigenvalue weighted by Gasteiger charge is -2.27. The minimum absolute atomic E-state index is 0.0702. The van der Waals surface area contributed by atoms with Gasteiger partial charge in [0.15, 0.2) is 11.5 Å². The van der Waals surface area contributed by atoms with Crippen molar-refractivity contribution in [3.63, 3.8) is 0 Å². The summed E-state index contributed by atoms with van der Waals surface area (Å²) in [5.74, 6) is 2.03. The normalized spacial score (nSPS) is 16.1. The largest absolute Gasteiger partial charge is 0.487 e. The fourth-order valence-electron chi connectivity index (χ4n) is 3.91. The summed E-state index contributed by atoms with van der Waals surface area (Å²) < 4.78 is 24.3. The van der Waals surface area contributed by atoms with Crippen LogP contribution < -0.4 is 24.7 Å². The quantitative estimate of drug-likeness (QED) is 0.412. The molecule has 0 spiro atoms. The summed E-state index contributed by atoms with van der Waals surface area (Å²) in [4.78, 5) is 0. The lowest BCUT2D eigenvalue weighted by molar-refractivity contribution is 0.174. The van der Waals surface area contributed by atoms with Gasteiger partial charge in [0.25, 0.3) is 0 Å². The molecule has 0 aliphatic carbocycles. The van der Waals surface area contributed by atoms with Gasteiger partial charge in [-0.3, -0.25) is 0 Å². The molecule has 0 unspecified atom stereocenters. The number of aryl methyl sites for hydroxylation is 1. The van der Waals surface area contributed by atoms with Gasteiger partial charge >= 0.3 is 0 Å². The standard InChI is InChI=1S/C25H18Br2N2O4/c1-13-2-4-14(5-3-13)11-30-24-18(26)6-15(7-19(24)27)23-16-8-21-22(32-12-31-21)9-20(16)33-25(29)17(23)10-28/h2-9,23H,11-12,29H2,1H3/t23-/m0/s1. The topological polar surface area (TPSA) is 86.7 Å². The molecular formula is C25H18Br2N2O4. The zero-order chi connectivity index (χ0) is 23.1. The van der Waals surface area contributed by atoms with E-state index in [1.165, 1.54) is 5.56 Å². The highest BCUT2D eigenvalue weighted by Gasteiger charge is 2.34. The van der Waals surface area contributed by atoms with Crippen LogP contribution in [0.2, 0.25) is 0 Å². The van der Waals surface area contributed by atoms with E-state index < -0.39 is 5.92 Å². The second-order valence-corrected chi connectivity index (χ2v) is 9.46. The number of nitrogens with two attached hydrogens (primary N) is 1. The number of fused-ring (bicyclic) bond motifs is 2. The molecule has 5 rings (SSSR count). The third kappa shape index (κ3) is 4.03. The lowest BCUT2D eigenvalue weighted by atomic mass is 9.83. The fourth-order valence-corrected chi connectivity index (χ4v) is 5.36. The van der Waals surface area contributed by atoms with Crippen LogP contribution in [0.25, 0.3) is 0 Å². The molecule has 8 heteroatoms. The summed E-state index contributed by atoms with van der Waals surface area (Å²) >= 11 is 7.27. The molecule has 3 aromatic rings. The molecule has 0 saturated heterocycles. The summed E-state index contributed by atoms with van der Waals surface area (Å²) in [5.41, 5.74) is 10.3. The Labute approximate surface area is 207 Å². The molecule has 2 aliphatic rings. The Balaban J connectivity index is 1.52. The number of nitriles is 1. The van der Waals surface area contributed by atoms with Gasteiger partial charge in [0.2, 0.25) is 12.7 Å². The van der Waals surface area contributed by atoms with Crippen molar-refractivity contribution in [1.82, 2.24) is 0 Å². The molecule has 0 aromatic heterocycles. The molecule has 3 aromatic carbocycles. The van der Waals surface area contributed by atoms with Gasteiger partial charge < -0.3 is 24.7 Å². The van der Waals surface area contributed by atoms with Crippen LogP contribution in [-0.4, -0.2) is 6.79 Å². The van der Waals surface area contributed by atoms with Crippen molar-refractivity contribution in [3.05, 3.63) is 91.2 Å². The van der Waals surface area contributed by atoms with Crippen molar-refractivity contribution in [1.29, 1.82) is 5.26 Å². The molecule has 166 valence electrons. The summed E-state index contributed by atoms with van der Waals surface area (Å²) in [5, 5.41) is 9.86. The third-order valence-corrected chi connectivity index (χ3v) is 6.75. The number of hydrogen-bond donors (Lipinski definition) is 1. The lowest BCUT2D eigenvalue weighted by Crippen LogP contribution is -2.21. The van der Waals surface area contributed by atoms with Crippen molar-refractivity contribution in [2.75, 3.05) is 6.79 Å². The highest BCUT2D eigenvalue weighted by molar-refractivity contribution is 9.11. The fraction of sp³-hybridized carbons (Fsp3) is 0.160. The second kappa shape index (κ2) is 8.65. The van der Waals surface area contributed by atoms with Crippen LogP contribution in [-0.2, 0) is 6.61 Å². The Morgan fingerprint density at radius 2 is 1.70 bits per heavy atom. The van der Waals surface area contributed by atoms with Crippen molar-refractivity contribution in [3.8, 4) is 29.1 Å². The van der Waals surface area contributed by atoms with Gasteiger partial charge in [-0.1, -0.05) is 29.8 Å². The molecule has 33 heavy (non-hydrogen) atoms. The van der Waals surface area contributed by atoms with Crippen LogP contribution >= 0.6 is 31.9 Å². The van der Waals surface area contributed by atoms with Crippen molar-refractivity contribution >= 4 is 31.9 Å². The van der Waals surface area contributed by atoms with Crippen LogP contribution in [0.5, 0.6) is 23.0 Å². The summed E-state index contributed by atoms with van der Waals surface area (Å²) in [7, 11) is 0. The van der Waals surface area contributed by atoms with Crippen LogP contribution in [0.1, 0.15) is 28.2 Å². The number of nitrogens with zero attached hydrogens (tertiary/aromatic N) is 1. The van der Waals surface area contributed by atoms with E-state index in [9.17, 15) is 5.26 Å². The number of rotatable bonds is 4. The van der Waals surface area contributed by atoms with E-state index in [1.807, 2.05) is 30.3 Å². The highest BCUT2D eigenvalue weighted by Crippen LogP contribution is 2.49. The van der Waals surface area contributed by atoms with E-state index in [4.69, 9.17) is 24.7 Å². The predicted molar refractivity (Wildman–Crippen MR) is 129 cm³/mol. The monoisotopic (exact) mass is 568 g/mol. The zero-order valence-electron chi connectivity index (χ0n) is 17.5. The summed E-state index contributed by atoms with van der Waals surface area (Å²) in [6.07, 6.45) is 0. The van der Waals surface area contributed by atoms with E-state index in [-0.39, 0.29) is 12.7 Å². The molecule has 2 heterocycles. The van der Waals surface area contributed by atoms with Gasteiger partial charge in [0, 0.05) is 11.6 Å². The maximum atomic E-state index is 9.86. The Morgan fingerprint density at radius 1 is 1.03 bits per heavy atom. The molecule has 0 saturated carbocycles. The number of halogens is 2. The van der Waals surface area contributed by atoms with Crippen molar-refractivity contribution in [2.24, 2.45) is 5.73 Å². The van der Waals surface area contributed by atoms with Crippen LogP contribution in [0.3, 0.4) is 0 Å². The third-order valence-electron chi connectivity index (χ3n) is 5.57. The molecule has 0 fully saturated rings. The van der Waals surface area contributed by atoms with E-state index in [1.54, 1.807) is 6.07 Å². The van der Waals surface area contributed by atoms with Gasteiger partial charge in [-0.15, -0.1) is 0 Å². The number of ether oxygens (including phenoxy) is 4. The van der Waals surface area contributed by atoms with Gasteiger partial charge in [-0.25, -0.2) is 0 Å². The molecule has 2 aliphatic heterocycles. The molecule has 0 radical (unpaired) electrons. The van der Waals surface area contributed by atoms with Gasteiger partial charge in [0.05, 0.1) is 14.9 Å². The molecule has 2 N–H and O–H groups in total. The Kier molecular flexibility index (Phi) is 5.69. The Hall–Kier alpha value is -3.15. The van der Waals surface area contributed by atoms with Gasteiger partial charge in [-0.05, 0) is 68.1 Å². The maximum absolute atomic E-state index is 9.86. The van der Waals surface area contributed by atoms with Crippen LogP contribution in [0.15, 0.2) is 68.9 Å². The molecule has 1 atom stereocenters. The molecule has 0 amide bonds. The first kappa shape index (κ1) is 21.7. The smallest absolute Gasteiger partial charge is 0.231 e. The van der Waals surface area contributed by atoms with E-state index in [2.05, 4.69) is 57.0 Å². The van der Waals surface area contributed by atoms with Gasteiger partial charge in [0.1, 0.15) is 29.7 Å². The predicted octanol–water partition coefficient (Wildman–Crippen LogP) is 6.05. The van der Waals surface area contributed by atoms with E-state index in [0.717, 1.165) is 25.6 Å². The summed E-state index contributed by atoms with van der Waals surface area (Å²) in [6.45, 7) is 2.62. The average Bonchev–Trinajstić information content (AvgIpc) is 3.24. The minimum Gasteiger partial charge on any atom is -0.487 e. The first-order valence-corrected chi connectivity index (χ1v) is 11.7. The van der Waals surface area contributed by atoms with Crippen molar-refractivity contribution in [2.45, 2.75) is 19.4 Å². The van der Waals surface area contributed by atoms with Crippen molar-refractivity contribution < 1.29 is 18.9 Å². The van der Waals surface area contributed by atoms with E-state index >= 15 is 0 Å². The molecular weight excluding hydrogens is 552 g/mol. The second-order valence-electron chi connectivity index (χ2n) is 7.76. The van der Waals surface area contributed by atoms with Crippen LogP contribution in [0, 0.1) is 18.3 Å². The number of benzene rings is 3. The van der Waals surface area contributed by atoms with E-state index in [0.29, 0.717) is 35.2 Å². The first-order chi connectivity index (χ1) is 15.9.